The molecule has 0 amide bonds. The van der Waals surface area contributed by atoms with Crippen molar-refractivity contribution in [2.24, 2.45) is 0 Å². The number of benzene rings is 23. The SMILES string of the molecule is CC(C)(C)c1cccc([C@@]23C=C[C@]4(c5cccc(C(C)(C)C)n5)c5c6c(=O)c7c8c9c(c%10c%11c2c4c2c4c5c5c%12c6c7c6c7c8c8c9c9c%10c%10c%13c%11c2c2c%11c4c4c5c5c%12c6c6c7c7c8c8c9c9c%10c%10c%13c2c2c%11c%11c4c4c5c6c5c7c6c8c9c7c%10c2c2c%11c4c5c6c72)C3=O)n1. The molecule has 3 aliphatic rings. The van der Waals surface area contributed by atoms with Crippen LogP contribution in [0.5, 0.6) is 0 Å². The van der Waals surface area contributed by atoms with Crippen LogP contribution in [-0.2, 0) is 21.7 Å². The molecule has 0 radical (unpaired) electrons. The molecule has 0 saturated heterocycles. The molecular formula is C92H26N2O2. The summed E-state index contributed by atoms with van der Waals surface area (Å²) in [6, 6.07) is 13.5. The van der Waals surface area contributed by atoms with Crippen molar-refractivity contribution in [2.75, 3.05) is 0 Å². The second-order valence-electron chi connectivity index (χ2n) is 35.4. The molecule has 0 spiro atoms. The van der Waals surface area contributed by atoms with E-state index in [9.17, 15) is 0 Å². The minimum atomic E-state index is -1.40. The highest BCUT2D eigenvalue weighted by atomic mass is 16.1. The number of Topliss-reactive ketones (excluding diaryl/α,β-unsaturated/α-hetero) is 1. The van der Waals surface area contributed by atoms with Gasteiger partial charge in [0.25, 0.3) is 0 Å². The fraction of sp³-hybridized carbons (Fsp3) is 0.109. The Bertz CT molecular complexity index is 10100. The Morgan fingerprint density at radius 1 is 0.229 bits per heavy atom. The van der Waals surface area contributed by atoms with Gasteiger partial charge in [0.05, 0.1) is 16.8 Å². The molecule has 2 atom stereocenters. The van der Waals surface area contributed by atoms with Crippen LogP contribution >= 0.6 is 0 Å². The molecule has 38 rings (SSSR count). The summed E-state index contributed by atoms with van der Waals surface area (Å²) in [5.74, 6) is 0.104. The van der Waals surface area contributed by atoms with Gasteiger partial charge >= 0.3 is 0 Å². The van der Waals surface area contributed by atoms with E-state index in [1.165, 1.54) is 291 Å². The highest BCUT2D eigenvalue weighted by Crippen LogP contribution is 2.81. The minimum absolute atomic E-state index is 0.104. The van der Waals surface area contributed by atoms with E-state index in [4.69, 9.17) is 9.97 Å². The van der Waals surface area contributed by atoms with Crippen molar-refractivity contribution in [3.63, 3.8) is 0 Å². The van der Waals surface area contributed by atoms with Gasteiger partial charge in [-0.25, -0.2) is 0 Å². The second-order valence-corrected chi connectivity index (χ2v) is 35.4. The lowest BCUT2D eigenvalue weighted by molar-refractivity contribution is 0.0937. The number of allylic oxidation sites excluding steroid dienone is 2. The molecule has 33 aromatic carbocycles. The summed E-state index contributed by atoms with van der Waals surface area (Å²) < 4.78 is 0. The van der Waals surface area contributed by atoms with Crippen molar-refractivity contribution in [1.82, 2.24) is 9.97 Å². The zero-order valence-electron chi connectivity index (χ0n) is 51.3. The molecule has 96 heavy (non-hydrogen) atoms. The highest BCUT2D eigenvalue weighted by Gasteiger charge is 2.62. The van der Waals surface area contributed by atoms with Crippen LogP contribution in [0.25, 0.3) is 345 Å². The van der Waals surface area contributed by atoms with Crippen molar-refractivity contribution in [1.29, 1.82) is 0 Å². The van der Waals surface area contributed by atoms with E-state index in [1.54, 1.807) is 26.9 Å². The van der Waals surface area contributed by atoms with E-state index in [0.717, 1.165) is 71.8 Å². The van der Waals surface area contributed by atoms with Gasteiger partial charge in [-0.05, 0) is 203 Å². The second kappa shape index (κ2) is 9.52. The zero-order valence-corrected chi connectivity index (χ0v) is 51.3. The van der Waals surface area contributed by atoms with Gasteiger partial charge in [0.2, 0.25) is 0 Å². The molecule has 0 fully saturated rings. The van der Waals surface area contributed by atoms with E-state index in [-0.39, 0.29) is 22.0 Å². The van der Waals surface area contributed by atoms with Gasteiger partial charge in [0.1, 0.15) is 5.41 Å². The monoisotopic (exact) mass is 1190 g/mol. The number of hydrogen-bond acceptors (Lipinski definition) is 4. The van der Waals surface area contributed by atoms with Crippen LogP contribution in [-0.4, -0.2) is 15.8 Å². The Hall–Kier alpha value is -11.5. The minimum Gasteiger partial charge on any atom is -0.292 e. The van der Waals surface area contributed by atoms with Crippen LogP contribution in [0, 0.1) is 0 Å². The lowest BCUT2D eigenvalue weighted by Crippen LogP contribution is -2.47. The van der Waals surface area contributed by atoms with Crippen LogP contribution < -0.4 is 5.43 Å². The molecule has 0 N–H and O–H groups in total. The Morgan fingerprint density at radius 3 is 0.760 bits per heavy atom. The quantitative estimate of drug-likeness (QED) is 0.0983. The van der Waals surface area contributed by atoms with Crippen molar-refractivity contribution in [2.45, 2.75) is 63.2 Å². The van der Waals surface area contributed by atoms with Gasteiger partial charge in [-0.1, -0.05) is 65.8 Å². The molecular weight excluding hydrogens is 1170 g/mol. The first-order valence-corrected chi connectivity index (χ1v) is 35.2. The average Bonchev–Trinajstić information content (AvgIpc) is 1.37. The Morgan fingerprint density at radius 2 is 0.438 bits per heavy atom. The molecule has 0 aliphatic heterocycles. The predicted octanol–water partition coefficient (Wildman–Crippen LogP) is 23.5. The molecule has 0 bridgehead atoms. The Kier molecular flexibility index (Phi) is 3.96. The number of pyridine rings is 2. The third kappa shape index (κ3) is 2.47. The number of aromatic nitrogens is 2. The van der Waals surface area contributed by atoms with Gasteiger partial charge in [0, 0.05) is 211 Å². The van der Waals surface area contributed by atoms with E-state index >= 15 is 9.59 Å². The molecule has 416 valence electrons. The maximum Gasteiger partial charge on any atom is 0.195 e. The lowest BCUT2D eigenvalue weighted by atomic mass is 9.51. The van der Waals surface area contributed by atoms with E-state index in [0.29, 0.717) is 0 Å². The summed E-state index contributed by atoms with van der Waals surface area (Å²) in [6.45, 7) is 13.8. The maximum atomic E-state index is 19.2. The van der Waals surface area contributed by atoms with Crippen molar-refractivity contribution >= 4 is 351 Å². The molecule has 35 aromatic rings. The molecule has 2 aromatic heterocycles. The standard InChI is InChI=1S/C92H26N2O2/c1-89(2,3)15-9-7-11-17(93-15)91-13-14-92(18-12-8-10-16(94-18)90(4,5)6)86-80-71-62-50-41-32-24-20-19-21-25-29-22(19)30-28(24)36-45(41)56(62)67-59-48(36)38(30)47-37(29)46-42-33(25)39-34-26(21)27-23(20)31(32)40-44-35(27)43(34)54-60-51(39)53-52(42)64-57(46)63-58(47)65(59)74(82(77(67)80)88(92)96)72(63)81-73(64)75-68(53)69(60)78(84(91)83(75)87(81)95)76-66(54)55(44)61(49(40)50)70(71)79(76)85(86)91/h7-14H,1-6H3/t91-,92-/m0/s1. The smallest absolute Gasteiger partial charge is 0.195 e. The number of ketones is 1. The van der Waals surface area contributed by atoms with Gasteiger partial charge < -0.3 is 0 Å². The first-order chi connectivity index (χ1) is 46.9. The first-order valence-electron chi connectivity index (χ1n) is 35.2. The van der Waals surface area contributed by atoms with Crippen LogP contribution in [0.2, 0.25) is 0 Å². The van der Waals surface area contributed by atoms with Gasteiger partial charge in [-0.15, -0.1) is 0 Å². The van der Waals surface area contributed by atoms with Crippen molar-refractivity contribution in [3.05, 3.63) is 104 Å². The van der Waals surface area contributed by atoms with E-state index in [1.807, 2.05) is 0 Å². The summed E-state index contributed by atoms with van der Waals surface area (Å²) in [5, 5.41) is 89.2. The molecule has 4 heteroatoms. The summed E-state index contributed by atoms with van der Waals surface area (Å²) >= 11 is 0. The third-order valence-corrected chi connectivity index (χ3v) is 31.4. The summed E-state index contributed by atoms with van der Waals surface area (Å²) in [5.41, 5.74) is 4.85. The molecule has 3 aliphatic carbocycles. The number of nitrogens with zero attached hydrogens (tertiary/aromatic N) is 2. The van der Waals surface area contributed by atoms with Crippen molar-refractivity contribution in [3.8, 4) is 0 Å². The molecule has 0 unspecified atom stereocenters. The molecule has 2 heterocycles. The summed E-state index contributed by atoms with van der Waals surface area (Å²) in [6.07, 6.45) is 4.93. The number of carbonyl (C=O) groups excluding carboxylic acids is 1. The van der Waals surface area contributed by atoms with Crippen LogP contribution in [0.3, 0.4) is 0 Å². The molecule has 4 nitrogen and oxygen atoms in total. The Labute approximate surface area is 528 Å². The lowest BCUT2D eigenvalue weighted by Gasteiger charge is -2.49. The first kappa shape index (κ1) is 39.9. The number of fused-ring (bicyclic) bond motifs is 5. The maximum absolute atomic E-state index is 19.2. The summed E-state index contributed by atoms with van der Waals surface area (Å²) in [4.78, 5) is 49.9. The van der Waals surface area contributed by atoms with E-state index < -0.39 is 10.8 Å². The topological polar surface area (TPSA) is 59.9 Å². The molecule has 0 saturated carbocycles. The third-order valence-electron chi connectivity index (χ3n) is 31.4. The van der Waals surface area contributed by atoms with Crippen LogP contribution in [0.1, 0.15) is 91.4 Å². The van der Waals surface area contributed by atoms with Gasteiger partial charge in [0.15, 0.2) is 11.2 Å². The fourth-order valence-corrected chi connectivity index (χ4v) is 29.8. The normalized spacial score (nSPS) is 20.3. The van der Waals surface area contributed by atoms with Crippen LogP contribution in [0.4, 0.5) is 0 Å². The largest absolute Gasteiger partial charge is 0.292 e. The number of hydrogen-bond donors (Lipinski definition) is 0. The fourth-order valence-electron chi connectivity index (χ4n) is 29.8. The van der Waals surface area contributed by atoms with E-state index in [2.05, 4.69) is 90.1 Å². The van der Waals surface area contributed by atoms with Gasteiger partial charge in [-0.3, -0.25) is 19.6 Å². The van der Waals surface area contributed by atoms with Crippen molar-refractivity contribution < 1.29 is 4.79 Å². The number of rotatable bonds is 2. The predicted molar refractivity (Wildman–Crippen MR) is 402 cm³/mol. The van der Waals surface area contributed by atoms with Crippen LogP contribution in [0.15, 0.2) is 53.3 Å². The highest BCUT2D eigenvalue weighted by molar-refractivity contribution is 6.83. The van der Waals surface area contributed by atoms with Gasteiger partial charge in [-0.2, -0.15) is 0 Å². The summed E-state index contributed by atoms with van der Waals surface area (Å²) in [7, 11) is 0. The number of carbonyl (C=O) groups is 1. The Balaban J connectivity index is 1.05. The average molecular weight is 1190 g/mol. The zero-order chi connectivity index (χ0) is 59.8.